The summed E-state index contributed by atoms with van der Waals surface area (Å²) in [6.45, 7) is 0. The molecule has 2 nitrogen and oxygen atoms in total. The zero-order valence-electron chi connectivity index (χ0n) is 12.2. The molecule has 138 valence electrons. The molecular formula is C12H12F6O2S4. The van der Waals surface area contributed by atoms with Crippen molar-refractivity contribution in [1.29, 1.82) is 0 Å². The van der Waals surface area contributed by atoms with Crippen molar-refractivity contribution in [2.24, 2.45) is 5.92 Å². The van der Waals surface area contributed by atoms with Crippen LogP contribution in [-0.2, 0) is 16.0 Å². The molecule has 3 atom stereocenters. The van der Waals surface area contributed by atoms with Crippen molar-refractivity contribution < 1.29 is 34.8 Å². The van der Waals surface area contributed by atoms with Crippen LogP contribution in [0, 0.1) is 5.92 Å². The molecule has 1 aliphatic rings. The van der Waals surface area contributed by atoms with Gasteiger partial charge >= 0.3 is 12.4 Å². The molecule has 0 aliphatic carbocycles. The number of hydrogen-bond donors (Lipinski definition) is 0. The van der Waals surface area contributed by atoms with E-state index in [0.717, 1.165) is 28.9 Å². The van der Waals surface area contributed by atoms with E-state index in [4.69, 9.17) is 0 Å². The minimum absolute atomic E-state index is 0.0435. The monoisotopic (exact) mass is 430 g/mol. The van der Waals surface area contributed by atoms with Crippen LogP contribution < -0.4 is 0 Å². The Balaban J connectivity index is 2.54. The highest BCUT2D eigenvalue weighted by Gasteiger charge is 2.56. The molecule has 0 bridgehead atoms. The van der Waals surface area contributed by atoms with Crippen molar-refractivity contribution in [1.82, 2.24) is 0 Å². The van der Waals surface area contributed by atoms with Crippen molar-refractivity contribution in [3.63, 3.8) is 0 Å². The molecule has 12 heteroatoms. The molecule has 1 aromatic rings. The topological polar surface area (TPSA) is 34.1 Å². The van der Waals surface area contributed by atoms with E-state index >= 15 is 0 Å². The van der Waals surface area contributed by atoms with Gasteiger partial charge in [0.25, 0.3) is 0 Å². The van der Waals surface area contributed by atoms with Crippen molar-refractivity contribution in [2.45, 2.75) is 27.7 Å². The molecular weight excluding hydrogens is 418 g/mol. The average molecular weight is 430 g/mol. The Labute approximate surface area is 147 Å². The zero-order valence-corrected chi connectivity index (χ0v) is 15.5. The van der Waals surface area contributed by atoms with E-state index in [0.29, 0.717) is 17.6 Å². The third-order valence-corrected chi connectivity index (χ3v) is 9.00. The number of rotatable bonds is 3. The molecule has 1 aliphatic heterocycles. The summed E-state index contributed by atoms with van der Waals surface area (Å²) in [5, 5.41) is -2.11. The fraction of sp³-hybridized carbons (Fsp3) is 0.667. The van der Waals surface area contributed by atoms with Gasteiger partial charge in [0.2, 0.25) is 0 Å². The van der Waals surface area contributed by atoms with E-state index in [1.807, 2.05) is 0 Å². The molecule has 2 rings (SSSR count). The number of thioether (sulfide) groups is 2. The fourth-order valence-corrected chi connectivity index (χ4v) is 9.17. The highest BCUT2D eigenvalue weighted by atomic mass is 32.2. The molecule has 0 radical (unpaired) electrons. The SMILES string of the molecule is CSc1c(C(F)(F)F)csc1C1SCC(C(F)(F)F)C1S(C)(=O)=O. The number of thiophene rings is 1. The molecule has 1 aromatic heterocycles. The van der Waals surface area contributed by atoms with E-state index in [-0.39, 0.29) is 9.77 Å². The molecule has 3 unspecified atom stereocenters. The molecule has 0 amide bonds. The number of alkyl halides is 6. The molecule has 0 spiro atoms. The van der Waals surface area contributed by atoms with Crippen LogP contribution in [0.1, 0.15) is 15.7 Å². The Morgan fingerprint density at radius 3 is 2.21 bits per heavy atom. The molecule has 0 saturated carbocycles. The summed E-state index contributed by atoms with van der Waals surface area (Å²) in [5.41, 5.74) is -0.932. The standard InChI is InChI=1S/C12H12F6O2S4/c1-21-7-5(11(13,14)15)3-22-8(7)9-10(24(2,19)20)6(4-23-9)12(16,17)18/h3,6,9-10H,4H2,1-2H3. The maximum absolute atomic E-state index is 13.1. The maximum atomic E-state index is 13.1. The van der Waals surface area contributed by atoms with Gasteiger partial charge < -0.3 is 0 Å². The highest BCUT2D eigenvalue weighted by molar-refractivity contribution is 8.02. The van der Waals surface area contributed by atoms with Crippen LogP contribution in [0.15, 0.2) is 10.3 Å². The van der Waals surface area contributed by atoms with Crippen LogP contribution in [-0.4, -0.2) is 38.1 Å². The van der Waals surface area contributed by atoms with Crippen LogP contribution >= 0.6 is 34.9 Å². The molecule has 1 saturated heterocycles. The lowest BCUT2D eigenvalue weighted by molar-refractivity contribution is -0.166. The second-order valence-electron chi connectivity index (χ2n) is 5.24. The van der Waals surface area contributed by atoms with Crippen molar-refractivity contribution in [3.05, 3.63) is 15.8 Å². The van der Waals surface area contributed by atoms with Gasteiger partial charge in [-0.3, -0.25) is 0 Å². The summed E-state index contributed by atoms with van der Waals surface area (Å²) < 4.78 is 102. The number of sulfone groups is 1. The first-order valence-electron chi connectivity index (χ1n) is 6.38. The molecule has 0 N–H and O–H groups in total. The van der Waals surface area contributed by atoms with Gasteiger partial charge in [-0.05, 0) is 6.26 Å². The number of halogens is 6. The molecule has 1 fully saturated rings. The lowest BCUT2D eigenvalue weighted by atomic mass is 10.0. The van der Waals surface area contributed by atoms with Gasteiger partial charge in [-0.25, -0.2) is 8.42 Å². The van der Waals surface area contributed by atoms with E-state index in [1.165, 1.54) is 6.26 Å². The summed E-state index contributed by atoms with van der Waals surface area (Å²) in [7, 11) is -4.11. The molecule has 0 aromatic carbocycles. The fourth-order valence-electron chi connectivity index (χ4n) is 2.60. The third kappa shape index (κ3) is 3.85. The molecule has 2 heterocycles. The Hall–Kier alpha value is -0.0700. The Kier molecular flexibility index (Phi) is 5.55. The van der Waals surface area contributed by atoms with Crippen LogP contribution in [0.25, 0.3) is 0 Å². The van der Waals surface area contributed by atoms with E-state index in [2.05, 4.69) is 0 Å². The smallest absolute Gasteiger partial charge is 0.229 e. The zero-order chi connectivity index (χ0) is 18.5. The largest absolute Gasteiger partial charge is 0.418 e. The van der Waals surface area contributed by atoms with Gasteiger partial charge in [0.1, 0.15) is 0 Å². The summed E-state index contributed by atoms with van der Waals surface area (Å²) in [4.78, 5) is -0.150. The van der Waals surface area contributed by atoms with Gasteiger partial charge in [0, 0.05) is 27.2 Å². The van der Waals surface area contributed by atoms with Gasteiger partial charge in [-0.1, -0.05) is 0 Å². The normalized spacial score (nSPS) is 26.1. The Bertz CT molecular complexity index is 706. The quantitative estimate of drug-likeness (QED) is 0.506. The van der Waals surface area contributed by atoms with Crippen LogP contribution in [0.3, 0.4) is 0 Å². The first-order valence-corrected chi connectivity index (χ1v) is 11.5. The summed E-state index contributed by atoms with van der Waals surface area (Å²) >= 11 is 2.18. The second kappa shape index (κ2) is 6.58. The van der Waals surface area contributed by atoms with Crippen LogP contribution in [0.2, 0.25) is 0 Å². The van der Waals surface area contributed by atoms with Gasteiger partial charge in [0.05, 0.1) is 22.0 Å². The van der Waals surface area contributed by atoms with E-state index in [1.54, 1.807) is 0 Å². The van der Waals surface area contributed by atoms with E-state index < -0.39 is 49.9 Å². The Morgan fingerprint density at radius 1 is 1.21 bits per heavy atom. The first-order chi connectivity index (χ1) is 10.8. The minimum atomic E-state index is -4.72. The van der Waals surface area contributed by atoms with E-state index in [9.17, 15) is 34.8 Å². The van der Waals surface area contributed by atoms with Crippen LogP contribution in [0.5, 0.6) is 0 Å². The third-order valence-electron chi connectivity index (χ3n) is 3.61. The average Bonchev–Trinajstić information content (AvgIpc) is 2.99. The van der Waals surface area contributed by atoms with Gasteiger partial charge in [-0.2, -0.15) is 38.1 Å². The predicted molar refractivity (Wildman–Crippen MR) is 84.5 cm³/mol. The highest BCUT2D eigenvalue weighted by Crippen LogP contribution is 2.56. The lowest BCUT2D eigenvalue weighted by Crippen LogP contribution is -2.38. The second-order valence-corrected chi connectivity index (χ2v) is 10.3. The van der Waals surface area contributed by atoms with Crippen molar-refractivity contribution >= 4 is 44.7 Å². The van der Waals surface area contributed by atoms with Crippen LogP contribution in [0.4, 0.5) is 26.3 Å². The van der Waals surface area contributed by atoms with Gasteiger partial charge in [0.15, 0.2) is 9.84 Å². The predicted octanol–water partition coefficient (Wildman–Crippen LogP) is 4.87. The Morgan fingerprint density at radius 2 is 1.79 bits per heavy atom. The van der Waals surface area contributed by atoms with Crippen molar-refractivity contribution in [3.8, 4) is 0 Å². The van der Waals surface area contributed by atoms with Crippen molar-refractivity contribution in [2.75, 3.05) is 18.3 Å². The first kappa shape index (κ1) is 20.2. The summed E-state index contributed by atoms with van der Waals surface area (Å²) in [6, 6.07) is 0. The minimum Gasteiger partial charge on any atom is -0.229 e. The maximum Gasteiger partial charge on any atom is 0.418 e. The summed E-state index contributed by atoms with van der Waals surface area (Å²) in [5.74, 6) is -2.58. The number of hydrogen-bond acceptors (Lipinski definition) is 5. The molecule has 24 heavy (non-hydrogen) atoms. The van der Waals surface area contributed by atoms with Gasteiger partial charge in [-0.15, -0.1) is 23.1 Å². The lowest BCUT2D eigenvalue weighted by Gasteiger charge is -2.24. The summed E-state index contributed by atoms with van der Waals surface area (Å²) in [6.07, 6.45) is -7.27.